The van der Waals surface area contributed by atoms with Gasteiger partial charge in [-0.15, -0.1) is 0 Å². The minimum Gasteiger partial charge on any atom is -0.457 e. The number of pyridine rings is 1. The monoisotopic (exact) mass is 398 g/mol. The Morgan fingerprint density at radius 3 is 2.33 bits per heavy atom. The summed E-state index contributed by atoms with van der Waals surface area (Å²) in [7, 11) is 0. The molecule has 1 fully saturated rings. The molecule has 2 aromatic carbocycles. The fraction of sp³-hybridized carbons (Fsp3) is 0.208. The van der Waals surface area contributed by atoms with Crippen LogP contribution in [-0.4, -0.2) is 27.6 Å². The summed E-state index contributed by atoms with van der Waals surface area (Å²) < 4.78 is 7.44. The van der Waals surface area contributed by atoms with E-state index in [0.29, 0.717) is 22.6 Å². The molecule has 6 nitrogen and oxygen atoms in total. The number of para-hydroxylation sites is 1. The lowest BCUT2D eigenvalue weighted by Gasteiger charge is -2.26. The summed E-state index contributed by atoms with van der Waals surface area (Å²) in [6.45, 7) is 1.94. The predicted molar refractivity (Wildman–Crippen MR) is 118 cm³/mol. The standard InChI is InChI=1S/C24H22N4O2/c29-23-21-17-25-24(27-14-5-2-6-15-27)26-22(21)13-16-28(23)18-9-11-20(12-10-18)30-19-7-3-1-4-8-19/h1,3-4,7-13,16-17H,2,5-6,14-15H2. The molecule has 3 heterocycles. The quantitative estimate of drug-likeness (QED) is 0.504. The molecule has 0 N–H and O–H groups in total. The average molecular weight is 398 g/mol. The molecule has 0 amide bonds. The van der Waals surface area contributed by atoms with Crippen molar-refractivity contribution in [2.45, 2.75) is 19.3 Å². The van der Waals surface area contributed by atoms with E-state index in [1.807, 2.05) is 60.7 Å². The third-order valence-corrected chi connectivity index (χ3v) is 5.37. The van der Waals surface area contributed by atoms with E-state index < -0.39 is 0 Å². The van der Waals surface area contributed by atoms with Crippen LogP contribution in [-0.2, 0) is 0 Å². The molecule has 0 saturated carbocycles. The maximum Gasteiger partial charge on any atom is 0.266 e. The van der Waals surface area contributed by atoms with Gasteiger partial charge in [-0.1, -0.05) is 18.2 Å². The van der Waals surface area contributed by atoms with E-state index in [2.05, 4.69) is 14.9 Å². The highest BCUT2D eigenvalue weighted by molar-refractivity contribution is 5.78. The van der Waals surface area contributed by atoms with Crippen molar-refractivity contribution in [1.82, 2.24) is 14.5 Å². The number of hydrogen-bond donors (Lipinski definition) is 0. The molecule has 0 aliphatic carbocycles. The molecule has 1 saturated heterocycles. The van der Waals surface area contributed by atoms with E-state index in [9.17, 15) is 4.79 Å². The van der Waals surface area contributed by atoms with Crippen molar-refractivity contribution < 1.29 is 4.74 Å². The van der Waals surface area contributed by atoms with Crippen molar-refractivity contribution in [3.05, 3.63) is 83.4 Å². The number of anilines is 1. The maximum absolute atomic E-state index is 13.0. The number of benzene rings is 2. The van der Waals surface area contributed by atoms with E-state index in [0.717, 1.165) is 37.4 Å². The lowest BCUT2D eigenvalue weighted by atomic mass is 10.1. The molecule has 150 valence electrons. The molecule has 4 aromatic rings. The van der Waals surface area contributed by atoms with Gasteiger partial charge in [-0.25, -0.2) is 9.97 Å². The molecule has 0 unspecified atom stereocenters. The number of nitrogens with zero attached hydrogens (tertiary/aromatic N) is 4. The zero-order chi connectivity index (χ0) is 20.3. The summed E-state index contributed by atoms with van der Waals surface area (Å²) in [5.74, 6) is 2.20. The van der Waals surface area contributed by atoms with Crippen LogP contribution in [0.25, 0.3) is 16.6 Å². The second-order valence-corrected chi connectivity index (χ2v) is 7.42. The Hall–Kier alpha value is -3.67. The summed E-state index contributed by atoms with van der Waals surface area (Å²) in [6, 6.07) is 18.9. The van der Waals surface area contributed by atoms with Gasteiger partial charge in [-0.05, 0) is 61.7 Å². The number of fused-ring (bicyclic) bond motifs is 1. The van der Waals surface area contributed by atoms with Crippen LogP contribution in [0.3, 0.4) is 0 Å². The molecule has 0 radical (unpaired) electrons. The SMILES string of the molecule is O=c1c2cnc(N3CCCCC3)nc2ccn1-c1ccc(Oc2ccccc2)cc1. The van der Waals surface area contributed by atoms with Crippen LogP contribution in [0.1, 0.15) is 19.3 Å². The van der Waals surface area contributed by atoms with Crippen LogP contribution in [0.2, 0.25) is 0 Å². The Kier molecular flexibility index (Phi) is 4.89. The third kappa shape index (κ3) is 3.64. The Bertz CT molecular complexity index is 1210. The molecule has 0 spiro atoms. The van der Waals surface area contributed by atoms with Crippen LogP contribution in [0.5, 0.6) is 11.5 Å². The van der Waals surface area contributed by atoms with Crippen molar-refractivity contribution >= 4 is 16.9 Å². The topological polar surface area (TPSA) is 60.2 Å². The van der Waals surface area contributed by atoms with Gasteiger partial charge in [0.25, 0.3) is 5.56 Å². The summed E-state index contributed by atoms with van der Waals surface area (Å²) >= 11 is 0. The Morgan fingerprint density at radius 1 is 0.833 bits per heavy atom. The second kappa shape index (κ2) is 7.99. The summed E-state index contributed by atoms with van der Waals surface area (Å²) in [6.07, 6.45) is 6.99. The highest BCUT2D eigenvalue weighted by Crippen LogP contribution is 2.22. The number of hydrogen-bond acceptors (Lipinski definition) is 5. The van der Waals surface area contributed by atoms with Gasteiger partial charge in [-0.2, -0.15) is 0 Å². The van der Waals surface area contributed by atoms with Crippen LogP contribution in [0.4, 0.5) is 5.95 Å². The lowest BCUT2D eigenvalue weighted by molar-refractivity contribution is 0.482. The van der Waals surface area contributed by atoms with Gasteiger partial charge in [0.2, 0.25) is 5.95 Å². The predicted octanol–water partition coefficient (Wildman–Crippen LogP) is 4.56. The number of aromatic nitrogens is 3. The lowest BCUT2D eigenvalue weighted by Crippen LogP contribution is -2.31. The first-order valence-corrected chi connectivity index (χ1v) is 10.2. The molecule has 5 rings (SSSR count). The fourth-order valence-electron chi connectivity index (χ4n) is 3.77. The van der Waals surface area contributed by atoms with E-state index in [1.165, 1.54) is 6.42 Å². The van der Waals surface area contributed by atoms with E-state index in [4.69, 9.17) is 4.74 Å². The maximum atomic E-state index is 13.0. The van der Waals surface area contributed by atoms with E-state index in [1.54, 1.807) is 17.0 Å². The molecule has 6 heteroatoms. The molecule has 2 aromatic heterocycles. The minimum absolute atomic E-state index is 0.130. The Labute approximate surface area is 174 Å². The van der Waals surface area contributed by atoms with Gasteiger partial charge >= 0.3 is 0 Å². The zero-order valence-corrected chi connectivity index (χ0v) is 16.6. The largest absolute Gasteiger partial charge is 0.457 e. The first-order valence-electron chi connectivity index (χ1n) is 10.2. The van der Waals surface area contributed by atoms with Crippen molar-refractivity contribution in [1.29, 1.82) is 0 Å². The minimum atomic E-state index is -0.130. The van der Waals surface area contributed by atoms with Gasteiger partial charge in [0.15, 0.2) is 0 Å². The molecular formula is C24H22N4O2. The van der Waals surface area contributed by atoms with Crippen LogP contribution < -0.4 is 15.2 Å². The molecule has 1 aliphatic rings. The van der Waals surface area contributed by atoms with Crippen LogP contribution in [0, 0.1) is 0 Å². The van der Waals surface area contributed by atoms with Gasteiger partial charge < -0.3 is 9.64 Å². The second-order valence-electron chi connectivity index (χ2n) is 7.42. The summed E-state index contributed by atoms with van der Waals surface area (Å²) in [4.78, 5) is 24.3. The third-order valence-electron chi connectivity index (χ3n) is 5.37. The molecule has 1 aliphatic heterocycles. The smallest absolute Gasteiger partial charge is 0.266 e. The highest BCUT2D eigenvalue weighted by Gasteiger charge is 2.15. The number of rotatable bonds is 4. The molecule has 0 bridgehead atoms. The van der Waals surface area contributed by atoms with Crippen molar-refractivity contribution in [2.75, 3.05) is 18.0 Å². The normalized spacial score (nSPS) is 14.1. The van der Waals surface area contributed by atoms with Crippen LogP contribution >= 0.6 is 0 Å². The zero-order valence-electron chi connectivity index (χ0n) is 16.6. The van der Waals surface area contributed by atoms with Crippen LogP contribution in [0.15, 0.2) is 77.9 Å². The van der Waals surface area contributed by atoms with Crippen molar-refractivity contribution in [3.8, 4) is 17.2 Å². The summed E-state index contributed by atoms with van der Waals surface area (Å²) in [5, 5.41) is 0.517. The van der Waals surface area contributed by atoms with Gasteiger partial charge in [0, 0.05) is 31.2 Å². The van der Waals surface area contributed by atoms with Gasteiger partial charge in [-0.3, -0.25) is 9.36 Å². The van der Waals surface area contributed by atoms with Gasteiger partial charge in [0.1, 0.15) is 11.5 Å². The number of piperidine rings is 1. The van der Waals surface area contributed by atoms with Gasteiger partial charge in [0.05, 0.1) is 10.9 Å². The summed E-state index contributed by atoms with van der Waals surface area (Å²) in [5.41, 5.74) is 1.31. The molecular weight excluding hydrogens is 376 g/mol. The molecule has 0 atom stereocenters. The Balaban J connectivity index is 1.42. The number of ether oxygens (including phenoxy) is 1. The Morgan fingerprint density at radius 2 is 1.57 bits per heavy atom. The van der Waals surface area contributed by atoms with E-state index in [-0.39, 0.29) is 5.56 Å². The highest BCUT2D eigenvalue weighted by atomic mass is 16.5. The first kappa shape index (κ1) is 18.4. The first-order chi connectivity index (χ1) is 14.8. The van der Waals surface area contributed by atoms with E-state index >= 15 is 0 Å². The molecule has 30 heavy (non-hydrogen) atoms. The van der Waals surface area contributed by atoms with Crippen molar-refractivity contribution in [2.24, 2.45) is 0 Å². The fourth-order valence-corrected chi connectivity index (χ4v) is 3.77. The van der Waals surface area contributed by atoms with Crippen molar-refractivity contribution in [3.63, 3.8) is 0 Å². The average Bonchev–Trinajstić information content (AvgIpc) is 2.81.